The van der Waals surface area contributed by atoms with Gasteiger partial charge in [0.1, 0.15) is 0 Å². The van der Waals surface area contributed by atoms with Crippen molar-refractivity contribution in [2.24, 2.45) is 0 Å². The summed E-state index contributed by atoms with van der Waals surface area (Å²) in [5.74, 6) is 0. The molecular weight excluding hydrogens is 159 g/mol. The van der Waals surface area contributed by atoms with Crippen molar-refractivity contribution in [3.8, 4) is 0 Å². The van der Waals surface area contributed by atoms with Gasteiger partial charge in [0, 0.05) is 0 Å². The number of hydrogen-bond donors (Lipinski definition) is 0. The Bertz CT molecular complexity index is 118. The Morgan fingerprint density at radius 1 is 1.25 bits per heavy atom. The molecule has 0 saturated heterocycles. The monoisotopic (exact) mass is 180 g/mol. The van der Waals surface area contributed by atoms with Crippen LogP contribution in [0.15, 0.2) is 0 Å². The number of hydrogen-bond acceptors (Lipinski definition) is 1. The van der Waals surface area contributed by atoms with Crippen molar-refractivity contribution in [3.63, 3.8) is 0 Å². The molecule has 0 fully saturated rings. The van der Waals surface area contributed by atoms with E-state index in [1.807, 2.05) is 6.61 Å². The van der Waals surface area contributed by atoms with Crippen LogP contribution in [0.3, 0.4) is 0 Å². The van der Waals surface area contributed by atoms with E-state index in [4.69, 9.17) is 4.43 Å². The second-order valence-corrected chi connectivity index (χ2v) is 9.21. The Kier molecular flexibility index (Phi) is 6.98. The van der Waals surface area contributed by atoms with Gasteiger partial charge in [0.15, 0.2) is 8.32 Å². The standard InChI is InChI=1S/C9H21OSi.Li/c1-7-8-10-11(5,6)9(2,3)4;/h8H,7H2,1-6H3;/q-1;+1. The fourth-order valence-electron chi connectivity index (χ4n) is 0.468. The molecule has 0 atom stereocenters. The first-order valence-electron chi connectivity index (χ1n) is 4.31. The van der Waals surface area contributed by atoms with Crippen LogP contribution in [0.5, 0.6) is 0 Å². The molecule has 0 bridgehead atoms. The zero-order valence-corrected chi connectivity index (χ0v) is 10.7. The quantitative estimate of drug-likeness (QED) is 0.456. The van der Waals surface area contributed by atoms with Gasteiger partial charge in [-0.3, -0.25) is 0 Å². The Morgan fingerprint density at radius 3 is 1.92 bits per heavy atom. The molecule has 0 aliphatic rings. The average molecular weight is 180 g/mol. The molecule has 0 unspecified atom stereocenters. The molecule has 3 heteroatoms. The summed E-state index contributed by atoms with van der Waals surface area (Å²) in [6.45, 7) is 15.3. The Hall–Kier alpha value is 0.774. The van der Waals surface area contributed by atoms with Gasteiger partial charge in [-0.2, -0.15) is 6.42 Å². The maximum atomic E-state index is 5.76. The fourth-order valence-corrected chi connectivity index (χ4v) is 1.41. The molecule has 12 heavy (non-hydrogen) atoms. The van der Waals surface area contributed by atoms with Gasteiger partial charge in [0.2, 0.25) is 0 Å². The Labute approximate surface area is 90.6 Å². The second kappa shape index (κ2) is 5.49. The molecule has 0 aromatic carbocycles. The topological polar surface area (TPSA) is 9.23 Å². The van der Waals surface area contributed by atoms with Crippen LogP contribution >= 0.6 is 0 Å². The summed E-state index contributed by atoms with van der Waals surface area (Å²) in [5, 5.41) is 0.332. The molecule has 0 radical (unpaired) electrons. The first-order valence-corrected chi connectivity index (χ1v) is 7.21. The van der Waals surface area contributed by atoms with Crippen molar-refractivity contribution in [2.75, 3.05) is 0 Å². The zero-order chi connectivity index (χ0) is 9.12. The minimum absolute atomic E-state index is 0. The molecule has 0 rings (SSSR count). The predicted octanol–water partition coefficient (Wildman–Crippen LogP) is 0.584. The Balaban J connectivity index is 0. The summed E-state index contributed by atoms with van der Waals surface area (Å²) in [7, 11) is -1.48. The Morgan fingerprint density at radius 2 is 1.67 bits per heavy atom. The second-order valence-electron chi connectivity index (χ2n) is 4.45. The first-order chi connectivity index (χ1) is 4.81. The van der Waals surface area contributed by atoms with Crippen LogP contribution in [-0.2, 0) is 4.43 Å². The largest absolute Gasteiger partial charge is 1.00 e. The average Bonchev–Trinajstić information content (AvgIpc) is 1.81. The van der Waals surface area contributed by atoms with Crippen LogP contribution in [0.2, 0.25) is 18.1 Å². The fraction of sp³-hybridized carbons (Fsp3) is 0.889. The summed E-state index contributed by atoms with van der Waals surface area (Å²) in [5.41, 5.74) is 0. The van der Waals surface area contributed by atoms with E-state index in [9.17, 15) is 0 Å². The van der Waals surface area contributed by atoms with E-state index in [0.717, 1.165) is 6.42 Å². The van der Waals surface area contributed by atoms with E-state index < -0.39 is 8.32 Å². The molecule has 0 amide bonds. The van der Waals surface area contributed by atoms with E-state index in [1.54, 1.807) is 0 Å². The van der Waals surface area contributed by atoms with Crippen LogP contribution in [0.1, 0.15) is 34.1 Å². The third-order valence-corrected chi connectivity index (χ3v) is 6.72. The first kappa shape index (κ1) is 15.3. The van der Waals surface area contributed by atoms with E-state index >= 15 is 0 Å². The molecule has 0 spiro atoms. The van der Waals surface area contributed by atoms with Crippen molar-refractivity contribution in [1.29, 1.82) is 0 Å². The van der Waals surface area contributed by atoms with Gasteiger partial charge < -0.3 is 4.43 Å². The van der Waals surface area contributed by atoms with Gasteiger partial charge in [0.25, 0.3) is 0 Å². The molecule has 0 heterocycles. The van der Waals surface area contributed by atoms with Crippen LogP contribution in [0.25, 0.3) is 0 Å². The minimum atomic E-state index is -1.48. The molecule has 0 aromatic heterocycles. The SMILES string of the molecule is CC[CH-]O[Si](C)(C)C(C)(C)C.[Li+]. The maximum absolute atomic E-state index is 5.76. The summed E-state index contributed by atoms with van der Waals surface area (Å²) in [4.78, 5) is 0. The molecule has 0 aliphatic heterocycles. The van der Waals surface area contributed by atoms with Gasteiger partial charge in [-0.05, 0) is 18.1 Å². The van der Waals surface area contributed by atoms with Crippen LogP contribution < -0.4 is 18.9 Å². The van der Waals surface area contributed by atoms with E-state index in [1.165, 1.54) is 0 Å². The summed E-state index contributed by atoms with van der Waals surface area (Å²) in [6, 6.07) is 0. The van der Waals surface area contributed by atoms with Crippen LogP contribution in [0.4, 0.5) is 0 Å². The van der Waals surface area contributed by atoms with Gasteiger partial charge in [-0.15, -0.1) is 0 Å². The van der Waals surface area contributed by atoms with Crippen molar-refractivity contribution in [2.45, 2.75) is 52.2 Å². The van der Waals surface area contributed by atoms with Gasteiger partial charge in [0.05, 0.1) is 0 Å². The molecule has 0 saturated carbocycles. The molecular formula is C9H21LiOSi. The zero-order valence-electron chi connectivity index (χ0n) is 9.69. The van der Waals surface area contributed by atoms with Gasteiger partial charge in [-0.1, -0.05) is 27.7 Å². The van der Waals surface area contributed by atoms with Crippen molar-refractivity contribution < 1.29 is 23.3 Å². The van der Waals surface area contributed by atoms with Crippen molar-refractivity contribution in [3.05, 3.63) is 6.61 Å². The van der Waals surface area contributed by atoms with E-state index in [-0.39, 0.29) is 18.9 Å². The van der Waals surface area contributed by atoms with E-state index in [2.05, 4.69) is 40.8 Å². The van der Waals surface area contributed by atoms with Crippen molar-refractivity contribution in [1.82, 2.24) is 0 Å². The molecule has 68 valence electrons. The summed E-state index contributed by atoms with van der Waals surface area (Å²) < 4.78 is 5.76. The van der Waals surface area contributed by atoms with Gasteiger partial charge >= 0.3 is 18.9 Å². The predicted molar refractivity (Wildman–Crippen MR) is 52.9 cm³/mol. The maximum Gasteiger partial charge on any atom is 1.00 e. The number of rotatable bonds is 3. The smallest absolute Gasteiger partial charge is 0.592 e. The van der Waals surface area contributed by atoms with Crippen LogP contribution in [0, 0.1) is 6.61 Å². The normalized spacial score (nSPS) is 12.5. The third kappa shape index (κ3) is 4.72. The molecule has 1 nitrogen and oxygen atoms in total. The van der Waals surface area contributed by atoms with Gasteiger partial charge in [-0.25, -0.2) is 6.61 Å². The van der Waals surface area contributed by atoms with Crippen LogP contribution in [-0.4, -0.2) is 8.32 Å². The molecule has 0 aliphatic carbocycles. The van der Waals surface area contributed by atoms with E-state index in [0.29, 0.717) is 5.04 Å². The molecule has 0 N–H and O–H groups in total. The molecule has 0 aromatic rings. The summed E-state index contributed by atoms with van der Waals surface area (Å²) in [6.07, 6.45) is 1.01. The van der Waals surface area contributed by atoms with Crippen molar-refractivity contribution >= 4 is 8.32 Å². The summed E-state index contributed by atoms with van der Waals surface area (Å²) >= 11 is 0. The third-order valence-electron chi connectivity index (χ3n) is 2.35. The minimum Gasteiger partial charge on any atom is -0.592 e.